The van der Waals surface area contributed by atoms with Crippen LogP contribution >= 0.6 is 11.8 Å². The molecule has 0 aliphatic heterocycles. The molecule has 1 atom stereocenters. The Hall–Kier alpha value is -2.55. The molecule has 9 heteroatoms. The van der Waals surface area contributed by atoms with Crippen molar-refractivity contribution in [3.8, 4) is 0 Å². The summed E-state index contributed by atoms with van der Waals surface area (Å²) in [4.78, 5) is 26.8. The van der Waals surface area contributed by atoms with Gasteiger partial charge in [0.15, 0.2) is 10.8 Å². The van der Waals surface area contributed by atoms with E-state index in [0.29, 0.717) is 22.0 Å². The molecule has 0 radical (unpaired) electrons. The van der Waals surface area contributed by atoms with Crippen molar-refractivity contribution in [1.29, 1.82) is 0 Å². The summed E-state index contributed by atoms with van der Waals surface area (Å²) in [5, 5.41) is 3.23. The number of carbonyl (C=O) groups excluding carboxylic acids is 2. The van der Waals surface area contributed by atoms with Crippen molar-refractivity contribution in [3.63, 3.8) is 0 Å². The second-order valence-electron chi connectivity index (χ2n) is 4.20. The topological polar surface area (TPSA) is 120 Å². The molecule has 1 aromatic heterocycles. The summed E-state index contributed by atoms with van der Waals surface area (Å²) in [6.45, 7) is 1.56. The van der Waals surface area contributed by atoms with Gasteiger partial charge in [0, 0.05) is 0 Å². The van der Waals surface area contributed by atoms with Gasteiger partial charge < -0.3 is 14.9 Å². The van der Waals surface area contributed by atoms with Gasteiger partial charge in [0.1, 0.15) is 5.52 Å². The molecule has 8 nitrogen and oxygen atoms in total. The number of hydrogen-bond acceptors (Lipinski definition) is 7. The summed E-state index contributed by atoms with van der Waals surface area (Å²) in [6.07, 6.45) is 0. The van der Waals surface area contributed by atoms with E-state index in [2.05, 4.69) is 15.5 Å². The minimum absolute atomic E-state index is 0.297. The molecule has 1 heterocycles. The van der Waals surface area contributed by atoms with Crippen LogP contribution in [0.15, 0.2) is 39.0 Å². The molecule has 1 unspecified atom stereocenters. The Balaban J connectivity index is 2.24. The molecule has 2 rings (SSSR count). The molecule has 0 aliphatic rings. The lowest BCUT2D eigenvalue weighted by Gasteiger charge is -2.11. The number of para-hydroxylation sites is 2. The van der Waals surface area contributed by atoms with Gasteiger partial charge in [-0.15, -0.1) is 0 Å². The molecule has 0 spiro atoms. The Morgan fingerprint density at radius 2 is 2.18 bits per heavy atom. The monoisotopic (exact) mass is 322 g/mol. The second kappa shape index (κ2) is 6.94. The minimum Gasteiger partial charge on any atom is -0.468 e. The van der Waals surface area contributed by atoms with Gasteiger partial charge in [-0.1, -0.05) is 12.1 Å². The number of nitrogens with two attached hydrogens (primary N) is 1. The van der Waals surface area contributed by atoms with Crippen molar-refractivity contribution in [3.05, 3.63) is 24.3 Å². The predicted molar refractivity (Wildman–Crippen MR) is 81.5 cm³/mol. The first-order valence-electron chi connectivity index (χ1n) is 6.21. The fraction of sp³-hybridized carbons (Fsp3) is 0.231. The molecular weight excluding hydrogens is 308 g/mol. The van der Waals surface area contributed by atoms with Gasteiger partial charge >= 0.3 is 12.0 Å². The number of fused-ring (bicyclic) bond motifs is 1. The lowest BCUT2D eigenvalue weighted by molar-refractivity contribution is -0.138. The molecule has 2 aromatic rings. The first-order chi connectivity index (χ1) is 10.5. The number of benzene rings is 1. The van der Waals surface area contributed by atoms with Gasteiger partial charge in [-0.25, -0.2) is 15.2 Å². The number of primary amides is 1. The number of carbonyl (C=O) groups is 2. The number of esters is 1. The van der Waals surface area contributed by atoms with Crippen molar-refractivity contribution < 1.29 is 18.7 Å². The molecule has 0 saturated carbocycles. The Labute approximate surface area is 130 Å². The zero-order valence-electron chi connectivity index (χ0n) is 11.9. The number of nitrogens with one attached hydrogen (secondary N) is 1. The maximum atomic E-state index is 11.9. The smallest absolute Gasteiger partial charge is 0.332 e. The predicted octanol–water partition coefficient (Wildman–Crippen LogP) is 1.51. The highest BCUT2D eigenvalue weighted by atomic mass is 32.2. The van der Waals surface area contributed by atoms with E-state index in [1.54, 1.807) is 19.1 Å². The van der Waals surface area contributed by atoms with E-state index in [4.69, 9.17) is 14.9 Å². The highest BCUT2D eigenvalue weighted by Gasteiger charge is 2.26. The minimum atomic E-state index is -0.824. The maximum Gasteiger partial charge on any atom is 0.332 e. The molecule has 1 aromatic carbocycles. The lowest BCUT2D eigenvalue weighted by Crippen LogP contribution is -2.31. The summed E-state index contributed by atoms with van der Waals surface area (Å²) in [6, 6.07) is 6.40. The summed E-state index contributed by atoms with van der Waals surface area (Å²) in [5.74, 6) is -0.542. The standard InChI is InChI=1S/C13H14N4O4S/c1-7(16-17-12(14)19)10(11(18)20-2)22-13-15-8-5-3-4-6-9(8)21-13/h3-6,10H,1-2H3,(H3,14,17,19)/b16-7-. The van der Waals surface area contributed by atoms with E-state index in [0.717, 1.165) is 11.8 Å². The highest BCUT2D eigenvalue weighted by molar-refractivity contribution is 8.01. The van der Waals surface area contributed by atoms with Gasteiger partial charge in [-0.3, -0.25) is 4.79 Å². The van der Waals surface area contributed by atoms with Crippen LogP contribution < -0.4 is 11.2 Å². The number of ether oxygens (including phenoxy) is 1. The number of hydrazone groups is 1. The zero-order valence-corrected chi connectivity index (χ0v) is 12.7. The SMILES string of the molecule is COC(=O)C(Sc1nc2ccccc2o1)/C(C)=N\NC(N)=O. The number of rotatable bonds is 5. The Kier molecular flexibility index (Phi) is 4.99. The van der Waals surface area contributed by atoms with E-state index in [1.807, 2.05) is 12.1 Å². The van der Waals surface area contributed by atoms with E-state index >= 15 is 0 Å². The number of methoxy groups -OCH3 is 1. The number of oxazole rings is 1. The molecule has 0 bridgehead atoms. The lowest BCUT2D eigenvalue weighted by atomic mass is 10.3. The van der Waals surface area contributed by atoms with Crippen molar-refractivity contribution >= 4 is 40.6 Å². The van der Waals surface area contributed by atoms with Gasteiger partial charge in [0.25, 0.3) is 5.22 Å². The fourth-order valence-electron chi connectivity index (χ4n) is 1.62. The number of aromatic nitrogens is 1. The zero-order chi connectivity index (χ0) is 16.1. The molecular formula is C13H14N4O4S. The highest BCUT2D eigenvalue weighted by Crippen LogP contribution is 2.28. The Morgan fingerprint density at radius 3 is 2.82 bits per heavy atom. The van der Waals surface area contributed by atoms with Gasteiger partial charge in [-0.2, -0.15) is 5.10 Å². The van der Waals surface area contributed by atoms with Crippen molar-refractivity contribution in [1.82, 2.24) is 10.4 Å². The largest absolute Gasteiger partial charge is 0.468 e. The summed E-state index contributed by atoms with van der Waals surface area (Å²) in [7, 11) is 1.26. The van der Waals surface area contributed by atoms with Crippen LogP contribution in [-0.2, 0) is 9.53 Å². The third-order valence-electron chi connectivity index (χ3n) is 2.63. The van der Waals surface area contributed by atoms with E-state index in [1.165, 1.54) is 7.11 Å². The third-order valence-corrected chi connectivity index (χ3v) is 3.78. The first-order valence-corrected chi connectivity index (χ1v) is 7.09. The second-order valence-corrected chi connectivity index (χ2v) is 5.25. The number of thioether (sulfide) groups is 1. The van der Waals surface area contributed by atoms with Crippen LogP contribution in [0.2, 0.25) is 0 Å². The van der Waals surface area contributed by atoms with Gasteiger partial charge in [-0.05, 0) is 30.8 Å². The van der Waals surface area contributed by atoms with Crippen molar-refractivity contribution in [2.75, 3.05) is 7.11 Å². The van der Waals surface area contributed by atoms with Crippen molar-refractivity contribution in [2.45, 2.75) is 17.4 Å². The van der Waals surface area contributed by atoms with Crippen LogP contribution in [0.25, 0.3) is 11.1 Å². The van der Waals surface area contributed by atoms with E-state index < -0.39 is 17.3 Å². The summed E-state index contributed by atoms with van der Waals surface area (Å²) in [5.41, 5.74) is 8.61. The molecule has 22 heavy (non-hydrogen) atoms. The van der Waals surface area contributed by atoms with Crippen LogP contribution in [0, 0.1) is 0 Å². The van der Waals surface area contributed by atoms with E-state index in [-0.39, 0.29) is 0 Å². The Bertz CT molecular complexity index is 695. The van der Waals surface area contributed by atoms with Crippen molar-refractivity contribution in [2.24, 2.45) is 10.8 Å². The molecule has 0 saturated heterocycles. The average Bonchev–Trinajstić information content (AvgIpc) is 2.92. The van der Waals surface area contributed by atoms with Crippen LogP contribution in [0.4, 0.5) is 4.79 Å². The number of hydrogen-bond donors (Lipinski definition) is 2. The Morgan fingerprint density at radius 1 is 1.45 bits per heavy atom. The summed E-state index contributed by atoms with van der Waals surface area (Å²) < 4.78 is 10.3. The fourth-order valence-corrected chi connectivity index (χ4v) is 2.52. The molecule has 0 aliphatic carbocycles. The average molecular weight is 322 g/mol. The molecule has 116 valence electrons. The normalized spacial score (nSPS) is 12.9. The number of urea groups is 1. The quantitative estimate of drug-likeness (QED) is 0.372. The van der Waals surface area contributed by atoms with Crippen LogP contribution in [0.1, 0.15) is 6.92 Å². The molecule has 2 amide bonds. The maximum absolute atomic E-state index is 11.9. The first kappa shape index (κ1) is 15.8. The molecule has 0 fully saturated rings. The van der Waals surface area contributed by atoms with Crippen LogP contribution in [0.3, 0.4) is 0 Å². The van der Waals surface area contributed by atoms with Crippen LogP contribution in [0.5, 0.6) is 0 Å². The number of nitrogens with zero attached hydrogens (tertiary/aromatic N) is 2. The van der Waals surface area contributed by atoms with Crippen LogP contribution in [-0.4, -0.2) is 35.1 Å². The van der Waals surface area contributed by atoms with Gasteiger partial charge in [0.2, 0.25) is 0 Å². The summed E-state index contributed by atoms with van der Waals surface area (Å²) >= 11 is 1.03. The molecule has 3 N–H and O–H groups in total. The third kappa shape index (κ3) is 3.76. The number of amides is 2. The van der Waals surface area contributed by atoms with E-state index in [9.17, 15) is 9.59 Å². The van der Waals surface area contributed by atoms with Gasteiger partial charge in [0.05, 0.1) is 12.8 Å².